The molecule has 0 radical (unpaired) electrons. The van der Waals surface area contributed by atoms with E-state index >= 15 is 0 Å². The number of hydrogen-bond donors (Lipinski definition) is 3. The topological polar surface area (TPSA) is 66.4 Å². The third-order valence-corrected chi connectivity index (χ3v) is 6.09. The van der Waals surface area contributed by atoms with Gasteiger partial charge in [0.25, 0.3) is 0 Å². The molecule has 3 atom stereocenters. The molecule has 1 aliphatic heterocycles. The van der Waals surface area contributed by atoms with Crippen molar-refractivity contribution in [3.63, 3.8) is 0 Å². The lowest BCUT2D eigenvalue weighted by Gasteiger charge is -2.32. The van der Waals surface area contributed by atoms with E-state index in [2.05, 4.69) is 22.5 Å². The highest BCUT2D eigenvalue weighted by molar-refractivity contribution is 5.83. The van der Waals surface area contributed by atoms with Crippen LogP contribution in [0.1, 0.15) is 70.0 Å². The second kappa shape index (κ2) is 11.5. The lowest BCUT2D eigenvalue weighted by Crippen LogP contribution is -2.46. The third-order valence-electron chi connectivity index (χ3n) is 6.09. The van der Waals surface area contributed by atoms with Crippen molar-refractivity contribution in [2.24, 2.45) is 0 Å². The first-order valence-corrected chi connectivity index (χ1v) is 11.3. The molecule has 1 aliphatic rings. The Morgan fingerprint density at radius 1 is 1.24 bits per heavy atom. The highest BCUT2D eigenvalue weighted by atomic mass is 16.5. The van der Waals surface area contributed by atoms with Gasteiger partial charge in [-0.3, -0.25) is 4.98 Å². The van der Waals surface area contributed by atoms with Crippen molar-refractivity contribution in [3.8, 4) is 5.75 Å². The van der Waals surface area contributed by atoms with Crippen molar-refractivity contribution in [2.75, 3.05) is 20.2 Å². The summed E-state index contributed by atoms with van der Waals surface area (Å²) in [5, 5.41) is 19.1. The second-order valence-electron chi connectivity index (χ2n) is 8.28. The van der Waals surface area contributed by atoms with E-state index in [0.29, 0.717) is 18.6 Å². The number of ether oxygens (including phenoxy) is 1. The molecule has 1 aromatic heterocycles. The van der Waals surface area contributed by atoms with E-state index in [4.69, 9.17) is 4.74 Å². The average Bonchev–Trinajstić information content (AvgIpc) is 2.76. The van der Waals surface area contributed by atoms with E-state index in [1.54, 1.807) is 13.3 Å². The van der Waals surface area contributed by atoms with Crippen LogP contribution in [0.4, 0.5) is 0 Å². The van der Waals surface area contributed by atoms with Crippen molar-refractivity contribution < 1.29 is 9.84 Å². The zero-order valence-electron chi connectivity index (χ0n) is 18.0. The Kier molecular flexibility index (Phi) is 8.71. The molecule has 1 fully saturated rings. The highest BCUT2D eigenvalue weighted by Gasteiger charge is 2.22. The average molecular weight is 400 g/mol. The number of hydrogen-bond acceptors (Lipinski definition) is 5. The first-order chi connectivity index (χ1) is 14.2. The molecule has 5 heteroatoms. The molecule has 3 N–H and O–H groups in total. The number of piperidine rings is 1. The lowest BCUT2D eigenvalue weighted by molar-refractivity contribution is 0.164. The molecule has 2 heterocycles. The maximum Gasteiger partial charge on any atom is 0.119 e. The summed E-state index contributed by atoms with van der Waals surface area (Å²) in [5.41, 5.74) is 1.79. The Morgan fingerprint density at radius 3 is 2.93 bits per heavy atom. The second-order valence-corrected chi connectivity index (χ2v) is 8.28. The normalized spacial score (nSPS) is 20.7. The van der Waals surface area contributed by atoms with Crippen LogP contribution in [0.25, 0.3) is 10.9 Å². The fourth-order valence-corrected chi connectivity index (χ4v) is 4.36. The number of nitrogens with zero attached hydrogens (tertiary/aromatic N) is 1. The molecule has 0 amide bonds. The fourth-order valence-electron chi connectivity index (χ4n) is 4.36. The third kappa shape index (κ3) is 6.39. The number of aliphatic hydroxyl groups is 1. The molecule has 160 valence electrons. The molecule has 2 aromatic rings. The van der Waals surface area contributed by atoms with Crippen molar-refractivity contribution in [2.45, 2.75) is 76.5 Å². The van der Waals surface area contributed by atoms with E-state index in [-0.39, 0.29) is 0 Å². The Balaban J connectivity index is 1.51. The van der Waals surface area contributed by atoms with Gasteiger partial charge in [-0.1, -0.05) is 39.0 Å². The van der Waals surface area contributed by atoms with Gasteiger partial charge in [0.1, 0.15) is 5.75 Å². The SMILES string of the molecule is CCCCCCC[C@@H]1CC(NCC(O)c2ccnc3ccc(OC)cc23)CCN1. The number of nitrogens with one attached hydrogen (secondary N) is 2. The molecular formula is C24H37N3O2. The van der Waals surface area contributed by atoms with Crippen molar-refractivity contribution in [1.29, 1.82) is 0 Å². The zero-order valence-corrected chi connectivity index (χ0v) is 18.0. The largest absolute Gasteiger partial charge is 0.497 e. The minimum Gasteiger partial charge on any atom is -0.497 e. The van der Waals surface area contributed by atoms with Gasteiger partial charge in [0.05, 0.1) is 18.7 Å². The standard InChI is InChI=1S/C24H37N3O2/c1-3-4-5-6-7-8-18-15-19(11-13-25-18)27-17-24(28)21-12-14-26-23-10-9-20(29-2)16-22(21)23/h9-10,12,14,16,18-19,24-25,27-28H,3-8,11,13,15,17H2,1-2H3/t18-,19?,24?/m1/s1. The van der Waals surface area contributed by atoms with Gasteiger partial charge in [0.15, 0.2) is 0 Å². The predicted molar refractivity (Wildman–Crippen MR) is 119 cm³/mol. The molecule has 0 aliphatic carbocycles. The van der Waals surface area contributed by atoms with Crippen LogP contribution in [0.2, 0.25) is 0 Å². The number of aliphatic hydroxyl groups excluding tert-OH is 1. The van der Waals surface area contributed by atoms with Gasteiger partial charge in [-0.05, 0) is 55.6 Å². The van der Waals surface area contributed by atoms with Gasteiger partial charge in [0, 0.05) is 30.2 Å². The summed E-state index contributed by atoms with van der Waals surface area (Å²) >= 11 is 0. The number of pyridine rings is 1. The summed E-state index contributed by atoms with van der Waals surface area (Å²) in [6, 6.07) is 8.78. The summed E-state index contributed by atoms with van der Waals surface area (Å²) in [5.74, 6) is 0.784. The molecule has 0 saturated carbocycles. The summed E-state index contributed by atoms with van der Waals surface area (Å²) < 4.78 is 5.35. The molecule has 0 bridgehead atoms. The zero-order chi connectivity index (χ0) is 20.5. The predicted octanol–water partition coefficient (Wildman–Crippen LogP) is 4.35. The van der Waals surface area contributed by atoms with Crippen LogP contribution in [0.3, 0.4) is 0 Å². The maximum atomic E-state index is 10.9. The Bertz CT molecular complexity index is 752. The molecule has 3 rings (SSSR count). The van der Waals surface area contributed by atoms with Crippen molar-refractivity contribution in [1.82, 2.24) is 15.6 Å². The van der Waals surface area contributed by atoms with Gasteiger partial charge < -0.3 is 20.5 Å². The number of benzene rings is 1. The summed E-state index contributed by atoms with van der Waals surface area (Å²) in [6.07, 6.45) is 11.4. The molecular weight excluding hydrogens is 362 g/mol. The van der Waals surface area contributed by atoms with Crippen LogP contribution in [0.5, 0.6) is 5.75 Å². The van der Waals surface area contributed by atoms with Gasteiger partial charge in [-0.25, -0.2) is 0 Å². The Morgan fingerprint density at radius 2 is 2.10 bits per heavy atom. The molecule has 29 heavy (non-hydrogen) atoms. The molecule has 1 saturated heterocycles. The summed E-state index contributed by atoms with van der Waals surface area (Å²) in [6.45, 7) is 3.88. The van der Waals surface area contributed by atoms with Gasteiger partial charge in [0.2, 0.25) is 0 Å². The maximum absolute atomic E-state index is 10.9. The lowest BCUT2D eigenvalue weighted by atomic mass is 9.94. The molecule has 5 nitrogen and oxygen atoms in total. The van der Waals surface area contributed by atoms with Crippen LogP contribution in [-0.4, -0.2) is 42.4 Å². The van der Waals surface area contributed by atoms with Crippen LogP contribution in [-0.2, 0) is 0 Å². The summed E-state index contributed by atoms with van der Waals surface area (Å²) in [4.78, 5) is 4.41. The molecule has 2 unspecified atom stereocenters. The van der Waals surface area contributed by atoms with E-state index < -0.39 is 6.10 Å². The van der Waals surface area contributed by atoms with Crippen LogP contribution in [0.15, 0.2) is 30.5 Å². The van der Waals surface area contributed by atoms with Crippen molar-refractivity contribution in [3.05, 3.63) is 36.0 Å². The summed E-state index contributed by atoms with van der Waals surface area (Å²) in [7, 11) is 1.66. The van der Waals surface area contributed by atoms with E-state index in [1.807, 2.05) is 24.3 Å². The highest BCUT2D eigenvalue weighted by Crippen LogP contribution is 2.26. The van der Waals surface area contributed by atoms with Gasteiger partial charge in [-0.2, -0.15) is 0 Å². The van der Waals surface area contributed by atoms with E-state index in [9.17, 15) is 5.11 Å². The Hall–Kier alpha value is -1.69. The van der Waals surface area contributed by atoms with Crippen LogP contribution in [0, 0.1) is 0 Å². The Labute approximate surface area is 175 Å². The minimum absolute atomic E-state index is 0.467. The minimum atomic E-state index is -0.560. The van der Waals surface area contributed by atoms with Crippen molar-refractivity contribution >= 4 is 10.9 Å². The smallest absolute Gasteiger partial charge is 0.119 e. The number of aromatic nitrogens is 1. The first kappa shape index (κ1) is 22.0. The first-order valence-electron chi connectivity index (χ1n) is 11.3. The number of unbranched alkanes of at least 4 members (excludes halogenated alkanes) is 4. The number of rotatable bonds is 11. The molecule has 0 spiro atoms. The number of fused-ring (bicyclic) bond motifs is 1. The van der Waals surface area contributed by atoms with Gasteiger partial charge >= 0.3 is 0 Å². The number of methoxy groups -OCH3 is 1. The molecule has 1 aromatic carbocycles. The quantitative estimate of drug-likeness (QED) is 0.490. The van der Waals surface area contributed by atoms with Gasteiger partial charge in [-0.15, -0.1) is 0 Å². The van der Waals surface area contributed by atoms with Crippen LogP contribution >= 0.6 is 0 Å². The monoisotopic (exact) mass is 399 g/mol. The van der Waals surface area contributed by atoms with Crippen LogP contribution < -0.4 is 15.4 Å². The fraction of sp³-hybridized carbons (Fsp3) is 0.625. The van der Waals surface area contributed by atoms with E-state index in [0.717, 1.165) is 41.6 Å². The van der Waals surface area contributed by atoms with E-state index in [1.165, 1.54) is 38.5 Å².